The minimum Gasteiger partial charge on any atom is -0.505 e. The number of thioether (sulfide) groups is 1. The van der Waals surface area contributed by atoms with Gasteiger partial charge in [-0.2, -0.15) is 4.99 Å². The van der Waals surface area contributed by atoms with Gasteiger partial charge in [-0.25, -0.2) is 9.18 Å². The molecule has 5 nitrogen and oxygen atoms in total. The fourth-order valence-corrected chi connectivity index (χ4v) is 1.98. The van der Waals surface area contributed by atoms with Gasteiger partial charge in [-0.15, -0.1) is 11.8 Å². The predicted molar refractivity (Wildman–Crippen MR) is 77.6 cm³/mol. The lowest BCUT2D eigenvalue weighted by Crippen LogP contribution is -2.15. The fraction of sp³-hybridized carbons (Fsp3) is 0.308. The molecule has 1 rings (SSSR count). The van der Waals surface area contributed by atoms with Crippen LogP contribution in [-0.4, -0.2) is 35.3 Å². The Hall–Kier alpha value is -1.89. The van der Waals surface area contributed by atoms with E-state index in [1.54, 1.807) is 6.26 Å². The van der Waals surface area contributed by atoms with Gasteiger partial charge in [-0.1, -0.05) is 6.92 Å². The van der Waals surface area contributed by atoms with Gasteiger partial charge < -0.3 is 9.84 Å². The van der Waals surface area contributed by atoms with Crippen molar-refractivity contribution in [3.05, 3.63) is 29.1 Å². The van der Waals surface area contributed by atoms with E-state index in [0.29, 0.717) is 12.0 Å². The molecule has 0 spiro atoms. The van der Waals surface area contributed by atoms with E-state index < -0.39 is 17.7 Å². The number of halogens is 1. The Morgan fingerprint density at radius 2 is 2.20 bits per heavy atom. The quantitative estimate of drug-likeness (QED) is 0.664. The van der Waals surface area contributed by atoms with Crippen molar-refractivity contribution in [3.63, 3.8) is 0 Å². The number of aliphatic imine (C=N–C) groups is 1. The van der Waals surface area contributed by atoms with Crippen LogP contribution in [0.5, 0.6) is 5.75 Å². The normalized spacial score (nSPS) is 11.3. The first-order chi connectivity index (χ1) is 9.44. The zero-order valence-corrected chi connectivity index (χ0v) is 12.2. The average molecular weight is 298 g/mol. The van der Waals surface area contributed by atoms with E-state index in [2.05, 4.69) is 9.73 Å². The number of aromatic hydroxyl groups is 1. The fourth-order valence-electron chi connectivity index (χ4n) is 1.50. The number of hydrogen-bond acceptors (Lipinski definition) is 5. The second kappa shape index (κ2) is 7.04. The number of amides is 1. The Labute approximate surface area is 120 Å². The van der Waals surface area contributed by atoms with Crippen molar-refractivity contribution >= 4 is 28.6 Å². The van der Waals surface area contributed by atoms with Crippen LogP contribution in [0, 0.1) is 11.2 Å². The summed E-state index contributed by atoms with van der Waals surface area (Å²) in [7, 11) is 1.16. The Morgan fingerprint density at radius 3 is 2.70 bits per heavy atom. The maximum atomic E-state index is 13.9. The van der Waals surface area contributed by atoms with Crippen molar-refractivity contribution in [3.8, 4) is 5.75 Å². The average Bonchev–Trinajstić information content (AvgIpc) is 2.46. The Balaban J connectivity index is 3.29. The molecule has 20 heavy (non-hydrogen) atoms. The summed E-state index contributed by atoms with van der Waals surface area (Å²) >= 11 is 1.02. The van der Waals surface area contributed by atoms with Crippen LogP contribution < -0.4 is 0 Å². The molecule has 0 saturated carbocycles. The number of hydrogen-bond donors (Lipinski definition) is 2. The molecule has 0 bridgehead atoms. The van der Waals surface area contributed by atoms with E-state index in [4.69, 9.17) is 5.41 Å². The Kier molecular flexibility index (Phi) is 5.69. The van der Waals surface area contributed by atoms with Crippen LogP contribution in [0.15, 0.2) is 17.1 Å². The molecule has 0 aromatic heterocycles. The number of benzene rings is 1. The summed E-state index contributed by atoms with van der Waals surface area (Å²) < 4.78 is 18.3. The highest BCUT2D eigenvalue weighted by Crippen LogP contribution is 2.24. The number of ether oxygens (including phenoxy) is 1. The van der Waals surface area contributed by atoms with Crippen molar-refractivity contribution < 1.29 is 19.0 Å². The molecule has 0 atom stereocenters. The smallest absolute Gasteiger partial charge is 0.434 e. The van der Waals surface area contributed by atoms with Gasteiger partial charge in [0.1, 0.15) is 5.04 Å². The number of nitrogens with one attached hydrogen (secondary N) is 1. The molecule has 0 unspecified atom stereocenters. The summed E-state index contributed by atoms with van der Waals surface area (Å²) in [5, 5.41) is 17.5. The van der Waals surface area contributed by atoms with E-state index in [0.717, 1.165) is 18.9 Å². The first-order valence-corrected chi connectivity index (χ1v) is 6.98. The molecule has 0 saturated heterocycles. The summed E-state index contributed by atoms with van der Waals surface area (Å²) in [5.41, 5.74) is 0.312. The number of methoxy groups -OCH3 is 1. The lowest BCUT2D eigenvalue weighted by atomic mass is 10.0. The van der Waals surface area contributed by atoms with Crippen LogP contribution in [0.3, 0.4) is 0 Å². The summed E-state index contributed by atoms with van der Waals surface area (Å²) in [6, 6.07) is 2.77. The monoisotopic (exact) mass is 298 g/mol. The highest BCUT2D eigenvalue weighted by Gasteiger charge is 2.18. The molecular formula is C13H15FN2O3S. The molecule has 7 heteroatoms. The van der Waals surface area contributed by atoms with Crippen molar-refractivity contribution in [2.45, 2.75) is 13.3 Å². The molecule has 0 aliphatic heterocycles. The van der Waals surface area contributed by atoms with E-state index in [9.17, 15) is 14.3 Å². The molecule has 0 aliphatic carbocycles. The van der Waals surface area contributed by atoms with E-state index >= 15 is 0 Å². The third kappa shape index (κ3) is 3.57. The first-order valence-electron chi connectivity index (χ1n) is 5.75. The first kappa shape index (κ1) is 16.2. The number of rotatable bonds is 3. The number of phenolic OH excluding ortho intramolecular Hbond substituents is 1. The number of carbonyl (C=O) groups is 1. The molecule has 0 fully saturated rings. The second-order valence-electron chi connectivity index (χ2n) is 3.80. The number of nitrogens with zero attached hydrogens (tertiary/aromatic N) is 1. The van der Waals surface area contributed by atoms with Crippen LogP contribution in [0.2, 0.25) is 0 Å². The molecule has 2 N–H and O–H groups in total. The van der Waals surface area contributed by atoms with E-state index in [-0.39, 0.29) is 16.3 Å². The zero-order chi connectivity index (χ0) is 15.3. The lowest BCUT2D eigenvalue weighted by molar-refractivity contribution is 0.183. The SMILES string of the molecule is CCc1cc(O)c(F)c(C(=N)C(=NC(=O)OC)SC)c1. The molecule has 0 heterocycles. The van der Waals surface area contributed by atoms with Crippen molar-refractivity contribution in [1.29, 1.82) is 5.41 Å². The van der Waals surface area contributed by atoms with Gasteiger partial charge in [-0.3, -0.25) is 5.41 Å². The molecule has 108 valence electrons. The number of phenols is 1. The largest absolute Gasteiger partial charge is 0.505 e. The van der Waals surface area contributed by atoms with Gasteiger partial charge in [0, 0.05) is 5.56 Å². The summed E-state index contributed by atoms with van der Waals surface area (Å²) in [6.45, 7) is 1.85. The van der Waals surface area contributed by atoms with Crippen molar-refractivity contribution in [1.82, 2.24) is 0 Å². The highest BCUT2D eigenvalue weighted by atomic mass is 32.2. The van der Waals surface area contributed by atoms with E-state index in [1.165, 1.54) is 12.1 Å². The Morgan fingerprint density at radius 1 is 1.55 bits per heavy atom. The molecule has 0 aliphatic rings. The Bertz CT molecular complexity index is 573. The lowest BCUT2D eigenvalue weighted by Gasteiger charge is -2.10. The molecule has 1 aromatic carbocycles. The summed E-state index contributed by atoms with van der Waals surface area (Å²) in [4.78, 5) is 14.7. The minimum absolute atomic E-state index is 0.0170. The number of carbonyl (C=O) groups excluding carboxylic acids is 1. The van der Waals surface area contributed by atoms with Crippen molar-refractivity contribution in [2.24, 2.45) is 4.99 Å². The van der Waals surface area contributed by atoms with Gasteiger partial charge in [0.15, 0.2) is 11.6 Å². The number of aryl methyl sites for hydroxylation is 1. The minimum atomic E-state index is -0.904. The van der Waals surface area contributed by atoms with Crippen LogP contribution in [0.1, 0.15) is 18.1 Å². The summed E-state index contributed by atoms with van der Waals surface area (Å²) in [6.07, 6.45) is 1.32. The van der Waals surface area contributed by atoms with Gasteiger partial charge in [-0.05, 0) is 30.4 Å². The molecule has 1 aromatic rings. The van der Waals surface area contributed by atoms with Crippen molar-refractivity contribution in [2.75, 3.05) is 13.4 Å². The molecular weight excluding hydrogens is 283 g/mol. The third-order valence-electron chi connectivity index (χ3n) is 2.57. The second-order valence-corrected chi connectivity index (χ2v) is 4.59. The maximum absolute atomic E-state index is 13.9. The topological polar surface area (TPSA) is 82.7 Å². The zero-order valence-electron chi connectivity index (χ0n) is 11.4. The maximum Gasteiger partial charge on any atom is 0.434 e. The standard InChI is InChI=1S/C13H15FN2O3S/c1-4-7-5-8(10(14)9(17)6-7)11(15)12(20-3)16-13(18)19-2/h5-6,15,17H,4H2,1-3H3. The van der Waals surface area contributed by atoms with Gasteiger partial charge in [0.2, 0.25) is 0 Å². The van der Waals surface area contributed by atoms with E-state index in [1.807, 2.05) is 6.92 Å². The van der Waals surface area contributed by atoms with Gasteiger partial charge >= 0.3 is 6.09 Å². The molecule has 0 radical (unpaired) electrons. The molecule has 1 amide bonds. The van der Waals surface area contributed by atoms with Crippen LogP contribution >= 0.6 is 11.8 Å². The third-order valence-corrected chi connectivity index (χ3v) is 3.25. The summed E-state index contributed by atoms with van der Waals surface area (Å²) in [5.74, 6) is -1.43. The van der Waals surface area contributed by atoms with Crippen LogP contribution in [-0.2, 0) is 11.2 Å². The van der Waals surface area contributed by atoms with Gasteiger partial charge in [0.05, 0.1) is 12.8 Å². The van der Waals surface area contributed by atoms with Gasteiger partial charge in [0.25, 0.3) is 0 Å². The van der Waals surface area contributed by atoms with Crippen LogP contribution in [0.25, 0.3) is 0 Å². The van der Waals surface area contributed by atoms with Crippen LogP contribution in [0.4, 0.5) is 9.18 Å². The highest BCUT2D eigenvalue weighted by molar-refractivity contribution is 8.15. The predicted octanol–water partition coefficient (Wildman–Crippen LogP) is 2.99.